The van der Waals surface area contributed by atoms with Gasteiger partial charge in [0.05, 0.1) is 20.3 Å². The number of carbonyl (C=O) groups excluding carboxylic acids is 2. The molecule has 0 aliphatic heterocycles. The van der Waals surface area contributed by atoms with Crippen LogP contribution in [-0.4, -0.2) is 40.6 Å². The first-order valence-corrected chi connectivity index (χ1v) is 4.57. The Morgan fingerprint density at radius 2 is 2.11 bits per heavy atom. The van der Waals surface area contributed by atoms with E-state index in [1.54, 1.807) is 0 Å². The molecule has 18 heavy (non-hydrogen) atoms. The van der Waals surface area contributed by atoms with E-state index >= 15 is 0 Å². The van der Waals surface area contributed by atoms with E-state index in [9.17, 15) is 19.7 Å². The molecular weight excluding hydrogens is 246 g/mol. The van der Waals surface area contributed by atoms with Crippen molar-refractivity contribution in [2.24, 2.45) is 0 Å². The summed E-state index contributed by atoms with van der Waals surface area (Å²) in [6.07, 6.45) is 3.05. The number of hydrogen-bond acceptors (Lipinski definition) is 7. The van der Waals surface area contributed by atoms with Gasteiger partial charge in [-0.3, -0.25) is 0 Å². The quantitative estimate of drug-likeness (QED) is 0.321. The third-order valence-corrected chi connectivity index (χ3v) is 1.89. The predicted octanol–water partition coefficient (Wildman–Crippen LogP) is -0.0218. The van der Waals surface area contributed by atoms with Crippen LogP contribution in [0.5, 0.6) is 0 Å². The fourth-order valence-electron chi connectivity index (χ4n) is 1.12. The number of nitrogens with zero attached hydrogens (tertiary/aromatic N) is 3. The van der Waals surface area contributed by atoms with Crippen LogP contribution in [-0.2, 0) is 19.1 Å². The Kier molecular flexibility index (Phi) is 4.13. The minimum Gasteiger partial charge on any atom is -0.466 e. The Morgan fingerprint density at radius 1 is 1.44 bits per heavy atom. The average molecular weight is 255 g/mol. The Balaban J connectivity index is 3.31. The van der Waals surface area contributed by atoms with Gasteiger partial charge in [0.1, 0.15) is 12.4 Å². The monoisotopic (exact) mass is 255 g/mol. The molecule has 0 aliphatic rings. The molecule has 0 fully saturated rings. The fourth-order valence-corrected chi connectivity index (χ4v) is 1.12. The van der Waals surface area contributed by atoms with Gasteiger partial charge in [-0.15, -0.1) is 0 Å². The summed E-state index contributed by atoms with van der Waals surface area (Å²) in [5, 5.41) is 10.7. The second kappa shape index (κ2) is 5.57. The van der Waals surface area contributed by atoms with E-state index in [1.807, 2.05) is 0 Å². The highest BCUT2D eigenvalue weighted by molar-refractivity contribution is 6.15. The lowest BCUT2D eigenvalue weighted by atomic mass is 10.4. The number of hydrogen-bond donors (Lipinski definition) is 0. The standard InChI is InChI=1S/C9H9N3O6/c1-17-7(13)5-6(8(14)18-2)11-4-3-10-9(11)12(15)16/h3-5H,1-2H3/b6-5+. The van der Waals surface area contributed by atoms with Crippen LogP contribution in [0.1, 0.15) is 0 Å². The molecule has 1 aromatic heterocycles. The van der Waals surface area contributed by atoms with Gasteiger partial charge >= 0.3 is 17.9 Å². The van der Waals surface area contributed by atoms with Gasteiger partial charge in [-0.25, -0.2) is 9.59 Å². The van der Waals surface area contributed by atoms with Gasteiger partial charge in [0.25, 0.3) is 0 Å². The summed E-state index contributed by atoms with van der Waals surface area (Å²) in [7, 11) is 2.19. The van der Waals surface area contributed by atoms with Crippen LogP contribution in [0.4, 0.5) is 5.95 Å². The van der Waals surface area contributed by atoms with E-state index < -0.39 is 22.8 Å². The second-order valence-corrected chi connectivity index (χ2v) is 2.90. The summed E-state index contributed by atoms with van der Waals surface area (Å²) in [6, 6.07) is 0. The van der Waals surface area contributed by atoms with E-state index in [0.717, 1.165) is 37.3 Å². The second-order valence-electron chi connectivity index (χ2n) is 2.90. The molecule has 0 aromatic carbocycles. The molecule has 0 atom stereocenters. The maximum atomic E-state index is 11.5. The van der Waals surface area contributed by atoms with Crippen molar-refractivity contribution in [2.45, 2.75) is 0 Å². The zero-order chi connectivity index (χ0) is 13.7. The lowest BCUT2D eigenvalue weighted by Crippen LogP contribution is -2.14. The molecule has 96 valence electrons. The van der Waals surface area contributed by atoms with Crippen molar-refractivity contribution in [3.05, 3.63) is 28.6 Å². The van der Waals surface area contributed by atoms with Crippen molar-refractivity contribution in [2.75, 3.05) is 14.2 Å². The Morgan fingerprint density at radius 3 is 2.61 bits per heavy atom. The Labute approximate surface area is 101 Å². The number of ether oxygens (including phenoxy) is 2. The Hall–Kier alpha value is -2.71. The highest BCUT2D eigenvalue weighted by Crippen LogP contribution is 2.16. The normalized spacial score (nSPS) is 10.9. The van der Waals surface area contributed by atoms with Crippen LogP contribution < -0.4 is 0 Å². The fraction of sp³-hybridized carbons (Fsp3) is 0.222. The molecule has 0 bridgehead atoms. The van der Waals surface area contributed by atoms with Crippen LogP contribution in [0.15, 0.2) is 18.5 Å². The maximum Gasteiger partial charge on any atom is 0.439 e. The minimum atomic E-state index is -0.929. The number of imidazole rings is 1. The summed E-state index contributed by atoms with van der Waals surface area (Å²) in [6.45, 7) is 0. The number of methoxy groups -OCH3 is 2. The van der Waals surface area contributed by atoms with Gasteiger partial charge in [0.2, 0.25) is 0 Å². The van der Waals surface area contributed by atoms with Gasteiger partial charge < -0.3 is 19.6 Å². The summed E-state index contributed by atoms with van der Waals surface area (Å²) in [5.41, 5.74) is -0.367. The predicted molar refractivity (Wildman–Crippen MR) is 57.2 cm³/mol. The molecule has 0 saturated carbocycles. The number of esters is 2. The zero-order valence-corrected chi connectivity index (χ0v) is 9.52. The Bertz CT molecular complexity index is 518. The third-order valence-electron chi connectivity index (χ3n) is 1.89. The topological polar surface area (TPSA) is 114 Å². The SMILES string of the molecule is COC(=O)/C=C(\C(=O)OC)n1ccnc1[N+](=O)[O-]. The van der Waals surface area contributed by atoms with Crippen molar-refractivity contribution in [3.8, 4) is 0 Å². The van der Waals surface area contributed by atoms with Gasteiger partial charge in [0, 0.05) is 0 Å². The third kappa shape index (κ3) is 2.70. The van der Waals surface area contributed by atoms with Crippen molar-refractivity contribution >= 4 is 23.6 Å². The molecule has 0 N–H and O–H groups in total. The largest absolute Gasteiger partial charge is 0.466 e. The van der Waals surface area contributed by atoms with E-state index in [4.69, 9.17) is 0 Å². The number of carbonyl (C=O) groups is 2. The van der Waals surface area contributed by atoms with Crippen LogP contribution >= 0.6 is 0 Å². The molecular formula is C9H9N3O6. The molecule has 0 spiro atoms. The van der Waals surface area contributed by atoms with Crippen molar-refractivity contribution in [1.82, 2.24) is 9.55 Å². The first-order chi connectivity index (χ1) is 8.51. The molecule has 0 saturated heterocycles. The lowest BCUT2D eigenvalue weighted by Gasteiger charge is -2.04. The summed E-state index contributed by atoms with van der Waals surface area (Å²) in [5.74, 6) is -2.39. The molecule has 9 heteroatoms. The van der Waals surface area contributed by atoms with E-state index in [1.165, 1.54) is 0 Å². The first-order valence-electron chi connectivity index (χ1n) is 4.57. The molecule has 9 nitrogen and oxygen atoms in total. The molecule has 0 aliphatic carbocycles. The molecule has 0 radical (unpaired) electrons. The molecule has 0 amide bonds. The van der Waals surface area contributed by atoms with Gasteiger partial charge in [0.15, 0.2) is 5.70 Å². The van der Waals surface area contributed by atoms with Gasteiger partial charge in [-0.05, 0) is 4.92 Å². The summed E-state index contributed by atoms with van der Waals surface area (Å²) < 4.78 is 9.60. The van der Waals surface area contributed by atoms with E-state index in [2.05, 4.69) is 14.5 Å². The van der Waals surface area contributed by atoms with Gasteiger partial charge in [-0.2, -0.15) is 4.57 Å². The van der Waals surface area contributed by atoms with E-state index in [0.29, 0.717) is 0 Å². The highest BCUT2D eigenvalue weighted by Gasteiger charge is 2.25. The smallest absolute Gasteiger partial charge is 0.439 e. The molecule has 1 aromatic rings. The average Bonchev–Trinajstić information content (AvgIpc) is 2.83. The number of nitro groups is 1. The van der Waals surface area contributed by atoms with Crippen molar-refractivity contribution < 1.29 is 24.0 Å². The van der Waals surface area contributed by atoms with E-state index in [-0.39, 0.29) is 5.70 Å². The van der Waals surface area contributed by atoms with Crippen molar-refractivity contribution in [3.63, 3.8) is 0 Å². The van der Waals surface area contributed by atoms with Crippen molar-refractivity contribution in [1.29, 1.82) is 0 Å². The van der Waals surface area contributed by atoms with Crippen LogP contribution in [0, 0.1) is 10.1 Å². The summed E-state index contributed by atoms with van der Waals surface area (Å²) >= 11 is 0. The zero-order valence-electron chi connectivity index (χ0n) is 9.52. The minimum absolute atomic E-state index is 0.367. The summed E-state index contributed by atoms with van der Waals surface area (Å²) in [4.78, 5) is 35.9. The van der Waals surface area contributed by atoms with Crippen LogP contribution in [0.3, 0.4) is 0 Å². The molecule has 1 rings (SSSR count). The highest BCUT2D eigenvalue weighted by atomic mass is 16.6. The van der Waals surface area contributed by atoms with Crippen LogP contribution in [0.2, 0.25) is 0 Å². The number of aromatic nitrogens is 2. The maximum absolute atomic E-state index is 11.5. The lowest BCUT2D eigenvalue weighted by molar-refractivity contribution is -0.395. The molecule has 0 unspecified atom stereocenters. The van der Waals surface area contributed by atoms with Crippen LogP contribution in [0.25, 0.3) is 5.70 Å². The first kappa shape index (κ1) is 13.4. The molecule has 1 heterocycles. The number of rotatable bonds is 4. The van der Waals surface area contributed by atoms with Gasteiger partial charge in [-0.1, -0.05) is 4.98 Å².